The highest BCUT2D eigenvalue weighted by Gasteiger charge is 2.42. The van der Waals surface area contributed by atoms with E-state index in [1.165, 1.54) is 6.20 Å². The maximum Gasteiger partial charge on any atom is 0.412 e. The summed E-state index contributed by atoms with van der Waals surface area (Å²) in [6.07, 6.45) is 2.34. The van der Waals surface area contributed by atoms with Crippen molar-refractivity contribution < 1.29 is 24.5 Å². The zero-order valence-electron chi connectivity index (χ0n) is 14.9. The molecule has 1 amide bonds. The van der Waals surface area contributed by atoms with Crippen molar-refractivity contribution in [3.8, 4) is 12.3 Å². The highest BCUT2D eigenvalue weighted by molar-refractivity contribution is 5.84. The average molecular weight is 365 g/mol. The number of ether oxygens (including phenoxy) is 2. The third kappa shape index (κ3) is 4.40. The molecule has 0 unspecified atom stereocenters. The summed E-state index contributed by atoms with van der Waals surface area (Å²) in [6.45, 7) is 5.79. The maximum atomic E-state index is 12.3. The van der Waals surface area contributed by atoms with Crippen molar-refractivity contribution in [2.24, 2.45) is 5.92 Å². The molecule has 0 aromatic carbocycles. The molecule has 4 atom stereocenters. The third-order valence-corrected chi connectivity index (χ3v) is 4.01. The molecule has 2 heterocycles. The maximum absolute atomic E-state index is 12.3. The van der Waals surface area contributed by atoms with Gasteiger partial charge in [0.25, 0.3) is 0 Å². The average Bonchev–Trinajstić information content (AvgIpc) is 2.82. The molecule has 0 radical (unpaired) electrons. The van der Waals surface area contributed by atoms with Crippen LogP contribution < -0.4 is 11.0 Å². The van der Waals surface area contributed by atoms with E-state index in [4.69, 9.17) is 15.9 Å². The van der Waals surface area contributed by atoms with Crippen LogP contribution in [0, 0.1) is 18.3 Å². The summed E-state index contributed by atoms with van der Waals surface area (Å²) in [4.78, 5) is 27.8. The second kappa shape index (κ2) is 8.31. The summed E-state index contributed by atoms with van der Waals surface area (Å²) in [5, 5.41) is 22.1. The highest BCUT2D eigenvalue weighted by atomic mass is 16.6. The summed E-state index contributed by atoms with van der Waals surface area (Å²) in [5.74, 6) is 2.57. The molecule has 0 bridgehead atoms. The summed E-state index contributed by atoms with van der Waals surface area (Å²) >= 11 is 0. The summed E-state index contributed by atoms with van der Waals surface area (Å²) in [7, 11) is 0. The van der Waals surface area contributed by atoms with Gasteiger partial charge in [-0.25, -0.2) is 9.59 Å². The number of hydrogen-bond donors (Lipinski definition) is 3. The monoisotopic (exact) mass is 365 g/mol. The summed E-state index contributed by atoms with van der Waals surface area (Å²) in [6, 6.07) is 0. The van der Waals surface area contributed by atoms with Gasteiger partial charge in [0.05, 0.1) is 18.3 Å². The van der Waals surface area contributed by atoms with Crippen molar-refractivity contribution in [1.82, 2.24) is 9.55 Å². The zero-order chi connectivity index (χ0) is 19.4. The number of aliphatic hydroxyl groups excluding tert-OH is 2. The van der Waals surface area contributed by atoms with E-state index in [2.05, 4.69) is 16.2 Å². The fourth-order valence-corrected chi connectivity index (χ4v) is 2.43. The van der Waals surface area contributed by atoms with Gasteiger partial charge in [-0.15, -0.1) is 6.42 Å². The van der Waals surface area contributed by atoms with Crippen LogP contribution in [0.4, 0.5) is 10.6 Å². The molecule has 9 heteroatoms. The normalized spacial score (nSPS) is 25.1. The van der Waals surface area contributed by atoms with Gasteiger partial charge in [0.2, 0.25) is 0 Å². The molecule has 0 saturated carbocycles. The van der Waals surface area contributed by atoms with E-state index >= 15 is 0 Å². The number of carbonyl (C=O) groups is 1. The summed E-state index contributed by atoms with van der Waals surface area (Å²) in [5.41, 5.74) is -0.693. The van der Waals surface area contributed by atoms with Crippen LogP contribution in [-0.4, -0.2) is 50.8 Å². The first-order valence-electron chi connectivity index (χ1n) is 8.29. The van der Waals surface area contributed by atoms with Gasteiger partial charge in [-0.05, 0) is 19.3 Å². The molecule has 1 aromatic heterocycles. The Kier molecular flexibility index (Phi) is 6.37. The Morgan fingerprint density at radius 1 is 1.50 bits per heavy atom. The van der Waals surface area contributed by atoms with Gasteiger partial charge in [0.15, 0.2) is 12.0 Å². The predicted octanol–water partition coefficient (Wildman–Crippen LogP) is 0.458. The van der Waals surface area contributed by atoms with E-state index in [0.717, 1.165) is 4.57 Å². The first-order valence-corrected chi connectivity index (χ1v) is 8.29. The number of rotatable bonds is 5. The lowest BCUT2D eigenvalue weighted by Gasteiger charge is -2.18. The quantitative estimate of drug-likeness (QED) is 0.648. The standard InChI is InChI=1S/C17H23N3O6/c1-5-11-8-20(15-13(22)12(21)10(4)26-15)16(23)18-14(11)19-17(24)25-7-6-9(2)3/h1,8-10,12-13,15,21-22H,6-7H2,2-4H3,(H,18,19,23,24)/t10-,12-,13-,15-/m1/s1. The van der Waals surface area contributed by atoms with Crippen LogP contribution in [0.5, 0.6) is 0 Å². The molecular weight excluding hydrogens is 342 g/mol. The van der Waals surface area contributed by atoms with Crippen LogP contribution in [0.25, 0.3) is 0 Å². The first-order chi connectivity index (χ1) is 12.2. The van der Waals surface area contributed by atoms with Gasteiger partial charge in [-0.2, -0.15) is 4.98 Å². The molecule has 0 aliphatic carbocycles. The van der Waals surface area contributed by atoms with E-state index in [-0.39, 0.29) is 18.0 Å². The molecule has 142 valence electrons. The Morgan fingerprint density at radius 3 is 2.73 bits per heavy atom. The van der Waals surface area contributed by atoms with Crippen LogP contribution in [-0.2, 0) is 9.47 Å². The first kappa shape index (κ1) is 19.9. The Bertz CT molecular complexity index is 754. The van der Waals surface area contributed by atoms with E-state index in [0.29, 0.717) is 12.3 Å². The molecule has 1 aliphatic rings. The number of nitrogens with zero attached hydrogens (tertiary/aromatic N) is 2. The van der Waals surface area contributed by atoms with Gasteiger partial charge < -0.3 is 19.7 Å². The number of aromatic nitrogens is 2. The lowest BCUT2D eigenvalue weighted by Crippen LogP contribution is -2.36. The van der Waals surface area contributed by atoms with Crippen molar-refractivity contribution in [3.63, 3.8) is 0 Å². The lowest BCUT2D eigenvalue weighted by molar-refractivity contribution is -0.0350. The van der Waals surface area contributed by atoms with Gasteiger partial charge in [0, 0.05) is 6.20 Å². The number of aliphatic hydroxyl groups is 2. The summed E-state index contributed by atoms with van der Waals surface area (Å²) < 4.78 is 11.4. The Hall–Kier alpha value is -2.41. The zero-order valence-corrected chi connectivity index (χ0v) is 14.9. The highest BCUT2D eigenvalue weighted by Crippen LogP contribution is 2.28. The van der Waals surface area contributed by atoms with Crippen LogP contribution >= 0.6 is 0 Å². The van der Waals surface area contributed by atoms with Crippen molar-refractivity contribution in [2.75, 3.05) is 11.9 Å². The number of hydrogen-bond acceptors (Lipinski definition) is 7. The van der Waals surface area contributed by atoms with E-state index < -0.39 is 36.3 Å². The number of anilines is 1. The SMILES string of the molecule is C#Cc1cn([C@@H]2O[C@H](C)[C@@H](O)[C@H]2O)c(=O)nc1NC(=O)OCCC(C)C. The molecule has 1 saturated heterocycles. The van der Waals surface area contributed by atoms with Crippen molar-refractivity contribution >= 4 is 11.9 Å². The topological polar surface area (TPSA) is 123 Å². The Balaban J connectivity index is 2.18. The third-order valence-electron chi connectivity index (χ3n) is 4.01. The smallest absolute Gasteiger partial charge is 0.412 e. The van der Waals surface area contributed by atoms with E-state index in [9.17, 15) is 19.8 Å². The van der Waals surface area contributed by atoms with Gasteiger partial charge in [0.1, 0.15) is 12.2 Å². The second-order valence-corrected chi connectivity index (χ2v) is 6.49. The second-order valence-electron chi connectivity index (χ2n) is 6.49. The molecule has 1 fully saturated rings. The minimum absolute atomic E-state index is 0.107. The van der Waals surface area contributed by atoms with Crippen LogP contribution in [0.2, 0.25) is 0 Å². The minimum Gasteiger partial charge on any atom is -0.449 e. The fourth-order valence-electron chi connectivity index (χ4n) is 2.43. The lowest BCUT2D eigenvalue weighted by atomic mass is 10.1. The van der Waals surface area contributed by atoms with Crippen molar-refractivity contribution in [1.29, 1.82) is 0 Å². The van der Waals surface area contributed by atoms with Crippen molar-refractivity contribution in [2.45, 2.75) is 51.7 Å². The molecule has 1 aliphatic heterocycles. The number of nitrogens with one attached hydrogen (secondary N) is 1. The predicted molar refractivity (Wildman–Crippen MR) is 92.5 cm³/mol. The molecule has 2 rings (SSSR count). The Morgan fingerprint density at radius 2 is 2.19 bits per heavy atom. The molecule has 9 nitrogen and oxygen atoms in total. The van der Waals surface area contributed by atoms with E-state index in [1.807, 2.05) is 13.8 Å². The number of amides is 1. The molecular formula is C17H23N3O6. The molecule has 0 spiro atoms. The van der Waals surface area contributed by atoms with Gasteiger partial charge in [-0.3, -0.25) is 9.88 Å². The fraction of sp³-hybridized carbons (Fsp3) is 0.588. The molecule has 26 heavy (non-hydrogen) atoms. The molecule has 1 aromatic rings. The number of terminal acetylenes is 1. The minimum atomic E-state index is -1.31. The van der Waals surface area contributed by atoms with Crippen LogP contribution in [0.3, 0.4) is 0 Å². The van der Waals surface area contributed by atoms with Crippen LogP contribution in [0.15, 0.2) is 11.0 Å². The number of carbonyl (C=O) groups excluding carboxylic acids is 1. The van der Waals surface area contributed by atoms with Gasteiger partial charge in [-0.1, -0.05) is 19.8 Å². The Labute approximate surface area is 151 Å². The largest absolute Gasteiger partial charge is 0.449 e. The van der Waals surface area contributed by atoms with Crippen LogP contribution in [0.1, 0.15) is 39.0 Å². The van der Waals surface area contributed by atoms with E-state index in [1.54, 1.807) is 6.92 Å². The van der Waals surface area contributed by atoms with Gasteiger partial charge >= 0.3 is 11.8 Å². The molecule has 3 N–H and O–H groups in total. The van der Waals surface area contributed by atoms with Crippen molar-refractivity contribution in [3.05, 3.63) is 22.2 Å².